The number of aryl methyl sites for hydroxylation is 1. The maximum Gasteiger partial charge on any atom is 0.216 e. The summed E-state index contributed by atoms with van der Waals surface area (Å²) in [6.45, 7) is 2.14. The normalized spacial score (nSPS) is 24.6. The van der Waals surface area contributed by atoms with Gasteiger partial charge < -0.3 is 10.5 Å². The Morgan fingerprint density at radius 3 is 2.94 bits per heavy atom. The van der Waals surface area contributed by atoms with E-state index in [1.165, 1.54) is 12.8 Å². The number of hydrogen-bond acceptors (Lipinski definition) is 4. The van der Waals surface area contributed by atoms with Crippen molar-refractivity contribution in [1.82, 2.24) is 9.97 Å². The lowest BCUT2D eigenvalue weighted by atomic mass is 9.93. The topological polar surface area (TPSA) is 61.0 Å². The van der Waals surface area contributed by atoms with E-state index in [2.05, 4.69) is 16.9 Å². The summed E-state index contributed by atoms with van der Waals surface area (Å²) in [5, 5.41) is 0. The number of ether oxygens (including phenoxy) is 1. The molecule has 1 saturated carbocycles. The number of rotatable bonds is 4. The standard InChI is InChI=1S/C13H21N3O/c1-2-5-10-8-13(16-9-15-10)17-12-7-4-3-6-11(12)14/h8-9,11-12H,2-7,14H2,1H3. The van der Waals surface area contributed by atoms with E-state index in [0.29, 0.717) is 5.88 Å². The minimum absolute atomic E-state index is 0.119. The van der Waals surface area contributed by atoms with Gasteiger partial charge in [0.05, 0.1) is 0 Å². The van der Waals surface area contributed by atoms with Crippen LogP contribution in [0.5, 0.6) is 5.88 Å². The van der Waals surface area contributed by atoms with Gasteiger partial charge in [0, 0.05) is 17.8 Å². The first-order valence-electron chi connectivity index (χ1n) is 6.52. The molecule has 0 spiro atoms. The van der Waals surface area contributed by atoms with Crippen molar-refractivity contribution in [3.8, 4) is 5.88 Å². The van der Waals surface area contributed by atoms with Crippen LogP contribution in [0, 0.1) is 0 Å². The van der Waals surface area contributed by atoms with Crippen molar-refractivity contribution in [1.29, 1.82) is 0 Å². The van der Waals surface area contributed by atoms with Crippen molar-refractivity contribution >= 4 is 0 Å². The third-order valence-corrected chi connectivity index (χ3v) is 3.23. The van der Waals surface area contributed by atoms with E-state index in [9.17, 15) is 0 Å². The molecule has 1 aromatic rings. The Labute approximate surface area is 103 Å². The summed E-state index contributed by atoms with van der Waals surface area (Å²) in [5.74, 6) is 0.672. The lowest BCUT2D eigenvalue weighted by molar-refractivity contribution is 0.126. The number of hydrogen-bond donors (Lipinski definition) is 1. The van der Waals surface area contributed by atoms with Crippen LogP contribution in [0.25, 0.3) is 0 Å². The predicted molar refractivity (Wildman–Crippen MR) is 66.9 cm³/mol. The van der Waals surface area contributed by atoms with E-state index in [1.807, 2.05) is 6.07 Å². The SMILES string of the molecule is CCCc1cc(OC2CCCCC2N)ncn1. The van der Waals surface area contributed by atoms with Crippen molar-refractivity contribution in [2.75, 3.05) is 0 Å². The van der Waals surface area contributed by atoms with E-state index in [1.54, 1.807) is 6.33 Å². The van der Waals surface area contributed by atoms with Gasteiger partial charge in [0.25, 0.3) is 0 Å². The van der Waals surface area contributed by atoms with Crippen molar-refractivity contribution in [2.24, 2.45) is 5.73 Å². The van der Waals surface area contributed by atoms with E-state index in [-0.39, 0.29) is 12.1 Å². The first-order chi connectivity index (χ1) is 8.29. The molecule has 1 aliphatic carbocycles. The first-order valence-corrected chi connectivity index (χ1v) is 6.52. The van der Waals surface area contributed by atoms with Gasteiger partial charge in [-0.1, -0.05) is 19.8 Å². The van der Waals surface area contributed by atoms with Crippen LogP contribution in [-0.4, -0.2) is 22.1 Å². The zero-order valence-electron chi connectivity index (χ0n) is 10.4. The van der Waals surface area contributed by atoms with Crippen LogP contribution < -0.4 is 10.5 Å². The van der Waals surface area contributed by atoms with Crippen LogP contribution >= 0.6 is 0 Å². The van der Waals surface area contributed by atoms with E-state index in [4.69, 9.17) is 10.5 Å². The van der Waals surface area contributed by atoms with Gasteiger partial charge in [0.1, 0.15) is 12.4 Å². The van der Waals surface area contributed by atoms with Crippen LogP contribution in [0.4, 0.5) is 0 Å². The predicted octanol–water partition coefficient (Wildman–Crippen LogP) is 2.08. The van der Waals surface area contributed by atoms with Crippen molar-refractivity contribution in [3.05, 3.63) is 18.1 Å². The molecule has 2 rings (SSSR count). The average molecular weight is 235 g/mol. The summed E-state index contributed by atoms with van der Waals surface area (Å²) in [6.07, 6.45) is 8.25. The maximum absolute atomic E-state index is 6.06. The molecule has 1 fully saturated rings. The van der Waals surface area contributed by atoms with Gasteiger partial charge in [-0.3, -0.25) is 0 Å². The molecule has 2 unspecified atom stereocenters. The Kier molecular flexibility index (Phi) is 4.31. The van der Waals surface area contributed by atoms with Gasteiger partial charge in [-0.2, -0.15) is 0 Å². The molecule has 1 aliphatic rings. The second-order valence-corrected chi connectivity index (χ2v) is 4.70. The summed E-state index contributed by atoms with van der Waals surface area (Å²) in [5.41, 5.74) is 7.10. The Hall–Kier alpha value is -1.16. The lowest BCUT2D eigenvalue weighted by Gasteiger charge is -2.28. The van der Waals surface area contributed by atoms with Gasteiger partial charge in [0.15, 0.2) is 0 Å². The largest absolute Gasteiger partial charge is 0.473 e. The summed E-state index contributed by atoms with van der Waals surface area (Å²) >= 11 is 0. The highest BCUT2D eigenvalue weighted by molar-refractivity contribution is 5.14. The van der Waals surface area contributed by atoms with Gasteiger partial charge in [0.2, 0.25) is 5.88 Å². The minimum Gasteiger partial charge on any atom is -0.473 e. The lowest BCUT2D eigenvalue weighted by Crippen LogP contribution is -2.41. The molecule has 17 heavy (non-hydrogen) atoms. The summed E-state index contributed by atoms with van der Waals surface area (Å²) in [7, 11) is 0. The van der Waals surface area contributed by atoms with Crippen molar-refractivity contribution < 1.29 is 4.74 Å². The summed E-state index contributed by atoms with van der Waals surface area (Å²) < 4.78 is 5.88. The molecule has 1 heterocycles. The van der Waals surface area contributed by atoms with Crippen LogP contribution in [0.3, 0.4) is 0 Å². The molecule has 94 valence electrons. The zero-order valence-corrected chi connectivity index (χ0v) is 10.4. The van der Waals surface area contributed by atoms with E-state index >= 15 is 0 Å². The zero-order chi connectivity index (χ0) is 12.1. The molecular formula is C13H21N3O. The van der Waals surface area contributed by atoms with Crippen LogP contribution in [-0.2, 0) is 6.42 Å². The number of nitrogens with zero attached hydrogens (tertiary/aromatic N) is 2. The molecule has 0 amide bonds. The number of nitrogens with two attached hydrogens (primary N) is 1. The van der Waals surface area contributed by atoms with Gasteiger partial charge in [-0.15, -0.1) is 0 Å². The highest BCUT2D eigenvalue weighted by Crippen LogP contribution is 2.21. The number of aromatic nitrogens is 2. The molecule has 0 saturated heterocycles. The molecular weight excluding hydrogens is 214 g/mol. The highest BCUT2D eigenvalue weighted by Gasteiger charge is 2.23. The highest BCUT2D eigenvalue weighted by atomic mass is 16.5. The van der Waals surface area contributed by atoms with Gasteiger partial charge in [-0.25, -0.2) is 9.97 Å². The quantitative estimate of drug-likeness (QED) is 0.868. The van der Waals surface area contributed by atoms with Crippen molar-refractivity contribution in [3.63, 3.8) is 0 Å². The van der Waals surface area contributed by atoms with Gasteiger partial charge in [-0.05, 0) is 25.7 Å². The molecule has 2 N–H and O–H groups in total. The Morgan fingerprint density at radius 1 is 1.35 bits per heavy atom. The second-order valence-electron chi connectivity index (χ2n) is 4.70. The molecule has 4 nitrogen and oxygen atoms in total. The van der Waals surface area contributed by atoms with Crippen LogP contribution in [0.15, 0.2) is 12.4 Å². The van der Waals surface area contributed by atoms with Crippen LogP contribution in [0.1, 0.15) is 44.7 Å². The Bertz CT molecular complexity index is 356. The Morgan fingerprint density at radius 2 is 2.18 bits per heavy atom. The first kappa shape index (κ1) is 12.3. The molecule has 2 atom stereocenters. The summed E-state index contributed by atoms with van der Waals surface area (Å²) in [6, 6.07) is 2.08. The third kappa shape index (κ3) is 3.40. The fourth-order valence-corrected chi connectivity index (χ4v) is 2.26. The van der Waals surface area contributed by atoms with Crippen molar-refractivity contribution in [2.45, 2.75) is 57.6 Å². The summed E-state index contributed by atoms with van der Waals surface area (Å²) in [4.78, 5) is 8.38. The fraction of sp³-hybridized carbons (Fsp3) is 0.692. The van der Waals surface area contributed by atoms with E-state index < -0.39 is 0 Å². The molecule has 0 aliphatic heterocycles. The maximum atomic E-state index is 6.06. The monoisotopic (exact) mass is 235 g/mol. The Balaban J connectivity index is 1.99. The fourth-order valence-electron chi connectivity index (χ4n) is 2.26. The molecule has 0 bridgehead atoms. The van der Waals surface area contributed by atoms with Crippen LogP contribution in [0.2, 0.25) is 0 Å². The van der Waals surface area contributed by atoms with E-state index in [0.717, 1.165) is 31.4 Å². The second kappa shape index (κ2) is 5.96. The van der Waals surface area contributed by atoms with Gasteiger partial charge >= 0.3 is 0 Å². The average Bonchev–Trinajstić information content (AvgIpc) is 2.33. The molecule has 0 radical (unpaired) electrons. The smallest absolute Gasteiger partial charge is 0.216 e. The third-order valence-electron chi connectivity index (χ3n) is 3.23. The minimum atomic E-state index is 0.119. The molecule has 1 aromatic heterocycles. The molecule has 4 heteroatoms. The molecule has 0 aromatic carbocycles.